The van der Waals surface area contributed by atoms with Gasteiger partial charge in [0.15, 0.2) is 0 Å². The number of hydrogen-bond acceptors (Lipinski definition) is 4. The summed E-state index contributed by atoms with van der Waals surface area (Å²) in [5, 5.41) is 16.3. The van der Waals surface area contributed by atoms with Gasteiger partial charge in [-0.2, -0.15) is 0 Å². The maximum absolute atomic E-state index is 11.2. The maximum Gasteiger partial charge on any atom is 0.272 e. The summed E-state index contributed by atoms with van der Waals surface area (Å²) in [6.45, 7) is 2.26. The third kappa shape index (κ3) is 3.81. The van der Waals surface area contributed by atoms with Gasteiger partial charge in [-0.15, -0.1) is 0 Å². The summed E-state index contributed by atoms with van der Waals surface area (Å²) in [7, 11) is 1.57. The van der Waals surface area contributed by atoms with Gasteiger partial charge in [0.25, 0.3) is 5.69 Å². The zero-order valence-electron chi connectivity index (χ0n) is 10.5. The largest absolute Gasteiger partial charge is 0.358 e. The Morgan fingerprint density at radius 1 is 1.44 bits per heavy atom. The number of benzene rings is 1. The van der Waals surface area contributed by atoms with Crippen molar-refractivity contribution in [3.8, 4) is 0 Å². The number of para-hydroxylation sites is 1. The molecule has 1 aromatic rings. The van der Waals surface area contributed by atoms with Crippen LogP contribution in [0.4, 0.5) is 5.69 Å². The van der Waals surface area contributed by atoms with Gasteiger partial charge in [0.2, 0.25) is 5.91 Å². The monoisotopic (exact) mass is 251 g/mol. The van der Waals surface area contributed by atoms with Gasteiger partial charge in [-0.25, -0.2) is 0 Å². The van der Waals surface area contributed by atoms with Crippen LogP contribution >= 0.6 is 0 Å². The minimum absolute atomic E-state index is 0.0995. The molecular formula is C12H17N3O3. The molecule has 98 valence electrons. The Morgan fingerprint density at radius 3 is 2.72 bits per heavy atom. The van der Waals surface area contributed by atoms with Gasteiger partial charge in [-0.1, -0.05) is 18.2 Å². The highest BCUT2D eigenvalue weighted by Crippen LogP contribution is 2.17. The number of carbonyl (C=O) groups is 1. The van der Waals surface area contributed by atoms with E-state index in [0.29, 0.717) is 18.5 Å². The molecule has 6 nitrogen and oxygen atoms in total. The number of carbonyl (C=O) groups excluding carboxylic acids is 1. The summed E-state index contributed by atoms with van der Waals surface area (Å²) in [4.78, 5) is 21.7. The smallest absolute Gasteiger partial charge is 0.272 e. The van der Waals surface area contributed by atoms with Crippen molar-refractivity contribution in [2.45, 2.75) is 19.4 Å². The van der Waals surface area contributed by atoms with Crippen LogP contribution in [-0.2, 0) is 11.2 Å². The Morgan fingerprint density at radius 2 is 2.11 bits per heavy atom. The topological polar surface area (TPSA) is 84.3 Å². The van der Waals surface area contributed by atoms with Gasteiger partial charge >= 0.3 is 0 Å². The first kappa shape index (κ1) is 14.1. The Balaban J connectivity index is 2.54. The minimum Gasteiger partial charge on any atom is -0.358 e. The van der Waals surface area contributed by atoms with E-state index < -0.39 is 4.92 Å². The quantitative estimate of drug-likeness (QED) is 0.580. The van der Waals surface area contributed by atoms with Crippen molar-refractivity contribution in [2.24, 2.45) is 0 Å². The van der Waals surface area contributed by atoms with Crippen molar-refractivity contribution in [3.63, 3.8) is 0 Å². The van der Waals surface area contributed by atoms with E-state index >= 15 is 0 Å². The summed E-state index contributed by atoms with van der Waals surface area (Å²) in [5.41, 5.74) is 0.783. The van der Waals surface area contributed by atoms with Gasteiger partial charge in [0.05, 0.1) is 11.0 Å². The molecule has 0 aromatic heterocycles. The minimum atomic E-state index is -0.391. The highest BCUT2D eigenvalue weighted by atomic mass is 16.6. The van der Waals surface area contributed by atoms with Crippen molar-refractivity contribution in [2.75, 3.05) is 13.6 Å². The molecule has 1 unspecified atom stereocenters. The van der Waals surface area contributed by atoms with Crippen molar-refractivity contribution in [3.05, 3.63) is 39.9 Å². The zero-order valence-corrected chi connectivity index (χ0v) is 10.5. The second-order valence-electron chi connectivity index (χ2n) is 3.93. The average molecular weight is 251 g/mol. The normalized spacial score (nSPS) is 11.9. The summed E-state index contributed by atoms with van der Waals surface area (Å²) in [6.07, 6.45) is 0.512. The molecule has 0 saturated heterocycles. The Bertz CT molecular complexity index is 434. The third-order valence-electron chi connectivity index (χ3n) is 2.67. The average Bonchev–Trinajstić information content (AvgIpc) is 2.38. The predicted octanol–water partition coefficient (Wildman–Crippen LogP) is 0.861. The molecule has 0 aliphatic heterocycles. The number of nitrogens with one attached hydrogen (secondary N) is 2. The van der Waals surface area contributed by atoms with Crippen LogP contribution < -0.4 is 10.6 Å². The van der Waals surface area contributed by atoms with Gasteiger partial charge in [0.1, 0.15) is 0 Å². The SMILES string of the molecule is CNC(=O)C(C)NCCc1ccccc1[N+](=O)[O-]. The molecule has 0 aliphatic carbocycles. The first-order valence-electron chi connectivity index (χ1n) is 5.73. The van der Waals surface area contributed by atoms with E-state index in [1.54, 1.807) is 32.2 Å². The number of nitrogens with zero attached hydrogens (tertiary/aromatic N) is 1. The molecule has 0 saturated carbocycles. The molecule has 1 atom stereocenters. The molecule has 1 rings (SSSR count). The molecule has 0 spiro atoms. The standard InChI is InChI=1S/C12H17N3O3/c1-9(12(16)13-2)14-8-7-10-5-3-4-6-11(10)15(17)18/h3-6,9,14H,7-8H2,1-2H3,(H,13,16). The van der Waals surface area contributed by atoms with Gasteiger partial charge < -0.3 is 10.6 Å². The van der Waals surface area contributed by atoms with Crippen molar-refractivity contribution >= 4 is 11.6 Å². The first-order valence-corrected chi connectivity index (χ1v) is 5.73. The van der Waals surface area contributed by atoms with Crippen molar-refractivity contribution < 1.29 is 9.72 Å². The van der Waals surface area contributed by atoms with Crippen LogP contribution in [0.1, 0.15) is 12.5 Å². The fourth-order valence-corrected chi connectivity index (χ4v) is 1.63. The molecule has 18 heavy (non-hydrogen) atoms. The second-order valence-corrected chi connectivity index (χ2v) is 3.93. The number of nitro groups is 1. The predicted molar refractivity (Wildman–Crippen MR) is 68.3 cm³/mol. The first-order chi connectivity index (χ1) is 8.56. The summed E-state index contributed by atoms with van der Waals surface area (Å²) in [5.74, 6) is -0.0995. The number of hydrogen-bond donors (Lipinski definition) is 2. The van der Waals surface area contributed by atoms with Gasteiger partial charge in [0, 0.05) is 25.2 Å². The van der Waals surface area contributed by atoms with Crippen molar-refractivity contribution in [1.29, 1.82) is 0 Å². The molecule has 6 heteroatoms. The van der Waals surface area contributed by atoms with Crippen LogP contribution in [0.15, 0.2) is 24.3 Å². The third-order valence-corrected chi connectivity index (χ3v) is 2.67. The summed E-state index contributed by atoms with van der Waals surface area (Å²) in [6, 6.07) is 6.31. The zero-order chi connectivity index (χ0) is 13.5. The lowest BCUT2D eigenvalue weighted by molar-refractivity contribution is -0.385. The van der Waals surface area contributed by atoms with E-state index in [1.165, 1.54) is 6.07 Å². The highest BCUT2D eigenvalue weighted by Gasteiger charge is 2.13. The maximum atomic E-state index is 11.2. The molecule has 2 N–H and O–H groups in total. The van der Waals surface area contributed by atoms with Crippen LogP contribution in [-0.4, -0.2) is 30.5 Å². The Kier molecular flexibility index (Phi) is 5.26. The van der Waals surface area contributed by atoms with E-state index in [-0.39, 0.29) is 17.6 Å². The second kappa shape index (κ2) is 6.70. The fourth-order valence-electron chi connectivity index (χ4n) is 1.63. The van der Waals surface area contributed by atoms with Crippen LogP contribution in [0, 0.1) is 10.1 Å². The molecule has 0 heterocycles. The van der Waals surface area contributed by atoms with Crippen LogP contribution in [0.25, 0.3) is 0 Å². The van der Waals surface area contributed by atoms with Crippen LogP contribution in [0.3, 0.4) is 0 Å². The lowest BCUT2D eigenvalue weighted by atomic mass is 10.1. The number of likely N-dealkylation sites (N-methyl/N-ethyl adjacent to an activating group) is 1. The lowest BCUT2D eigenvalue weighted by Crippen LogP contribution is -2.41. The van der Waals surface area contributed by atoms with Gasteiger partial charge in [-0.05, 0) is 13.3 Å². The molecule has 0 fully saturated rings. The number of nitro benzene ring substituents is 1. The van der Waals surface area contributed by atoms with Crippen LogP contribution in [0.2, 0.25) is 0 Å². The number of rotatable bonds is 6. The van der Waals surface area contributed by atoms with E-state index in [2.05, 4.69) is 10.6 Å². The molecule has 1 amide bonds. The van der Waals surface area contributed by atoms with E-state index in [4.69, 9.17) is 0 Å². The van der Waals surface area contributed by atoms with Gasteiger partial charge in [-0.3, -0.25) is 14.9 Å². The molecule has 1 aromatic carbocycles. The Hall–Kier alpha value is -1.95. The van der Waals surface area contributed by atoms with Crippen molar-refractivity contribution in [1.82, 2.24) is 10.6 Å². The summed E-state index contributed by atoms with van der Waals surface area (Å²) >= 11 is 0. The summed E-state index contributed by atoms with van der Waals surface area (Å²) < 4.78 is 0. The van der Waals surface area contributed by atoms with E-state index in [9.17, 15) is 14.9 Å². The van der Waals surface area contributed by atoms with Crippen LogP contribution in [0.5, 0.6) is 0 Å². The Labute approximate surface area is 106 Å². The number of amides is 1. The highest BCUT2D eigenvalue weighted by molar-refractivity contribution is 5.80. The lowest BCUT2D eigenvalue weighted by Gasteiger charge is -2.11. The van der Waals surface area contributed by atoms with E-state index in [0.717, 1.165) is 0 Å². The molecule has 0 aliphatic rings. The molecular weight excluding hydrogens is 234 g/mol. The van der Waals surface area contributed by atoms with E-state index in [1.807, 2.05) is 0 Å². The molecule has 0 radical (unpaired) electrons. The molecule has 0 bridgehead atoms. The fraction of sp³-hybridized carbons (Fsp3) is 0.417.